The van der Waals surface area contributed by atoms with Crippen LogP contribution in [0.2, 0.25) is 0 Å². The van der Waals surface area contributed by atoms with Crippen molar-refractivity contribution in [2.45, 2.75) is 84.2 Å². The van der Waals surface area contributed by atoms with Crippen LogP contribution in [0.3, 0.4) is 0 Å². The van der Waals surface area contributed by atoms with Gasteiger partial charge in [-0.2, -0.15) is 0 Å². The van der Waals surface area contributed by atoms with Crippen LogP contribution >= 0.6 is 0 Å². The van der Waals surface area contributed by atoms with Crippen molar-refractivity contribution in [1.82, 2.24) is 25.8 Å². The lowest BCUT2D eigenvalue weighted by Gasteiger charge is -2.28. The van der Waals surface area contributed by atoms with Gasteiger partial charge in [0.2, 0.25) is 5.96 Å². The lowest BCUT2D eigenvalue weighted by molar-refractivity contribution is -0.0584. The molecule has 13 nitrogen and oxygen atoms in total. The Bertz CT molecular complexity index is 962. The molecule has 0 unspecified atom stereocenters. The fourth-order valence-electron chi connectivity index (χ4n) is 3.59. The number of aromatic nitrogens is 1. The Morgan fingerprint density at radius 2 is 1.88 bits per heavy atom. The highest BCUT2D eigenvalue weighted by Crippen LogP contribution is 2.37. The molecule has 0 spiro atoms. The van der Waals surface area contributed by atoms with Crippen LogP contribution in [0.4, 0.5) is 14.4 Å². The summed E-state index contributed by atoms with van der Waals surface area (Å²) in [7, 11) is 0. The summed E-state index contributed by atoms with van der Waals surface area (Å²) in [6, 6.07) is 0.697. The third kappa shape index (κ3) is 6.59. The minimum Gasteiger partial charge on any atom is -0.444 e. The van der Waals surface area contributed by atoms with Gasteiger partial charge in [0.15, 0.2) is 5.76 Å². The molecule has 3 rings (SSSR count). The molecule has 2 saturated heterocycles. The van der Waals surface area contributed by atoms with E-state index in [2.05, 4.69) is 20.8 Å². The molecule has 1 aromatic heterocycles. The molecule has 0 aromatic carbocycles. The molecule has 4 amide bonds. The van der Waals surface area contributed by atoms with Crippen LogP contribution in [-0.2, 0) is 16.0 Å². The number of hydroxylamine groups is 2. The summed E-state index contributed by atoms with van der Waals surface area (Å²) in [6.45, 7) is 10.6. The molecule has 3 N–H and O–H groups in total. The van der Waals surface area contributed by atoms with E-state index in [9.17, 15) is 19.6 Å². The second-order valence-electron chi connectivity index (χ2n) is 10.2. The smallest absolute Gasteiger partial charge is 0.437 e. The average molecular weight is 481 g/mol. The van der Waals surface area contributed by atoms with Gasteiger partial charge < -0.3 is 24.2 Å². The number of nitrogens with one attached hydrogen (secondary N) is 2. The average Bonchev–Trinajstić information content (AvgIpc) is 3.23. The number of urea groups is 1. The molecular formula is C21H32N6O7. The summed E-state index contributed by atoms with van der Waals surface area (Å²) in [5.74, 6) is 0.195. The van der Waals surface area contributed by atoms with Gasteiger partial charge in [0, 0.05) is 12.6 Å². The normalized spacial score (nSPS) is 20.9. The Kier molecular flexibility index (Phi) is 7.05. The van der Waals surface area contributed by atoms with E-state index < -0.39 is 29.4 Å². The molecule has 0 saturated carbocycles. The second kappa shape index (κ2) is 9.49. The number of carbonyl (C=O) groups is 3. The van der Waals surface area contributed by atoms with Crippen molar-refractivity contribution in [3.63, 3.8) is 0 Å². The first-order valence-electron chi connectivity index (χ1n) is 11.0. The van der Waals surface area contributed by atoms with Crippen molar-refractivity contribution in [2.75, 3.05) is 6.54 Å². The Balaban J connectivity index is 1.67. The monoisotopic (exact) mass is 480 g/mol. The number of aliphatic imine (C=N–C) groups is 1. The van der Waals surface area contributed by atoms with Gasteiger partial charge in [0.25, 0.3) is 0 Å². The topological polar surface area (TPSA) is 159 Å². The fraction of sp³-hybridized carbons (Fsp3) is 0.667. The van der Waals surface area contributed by atoms with Gasteiger partial charge in [-0.1, -0.05) is 5.16 Å². The van der Waals surface area contributed by atoms with Gasteiger partial charge in [0.1, 0.15) is 16.9 Å². The van der Waals surface area contributed by atoms with E-state index in [0.717, 1.165) is 5.06 Å². The predicted octanol–water partition coefficient (Wildman–Crippen LogP) is 2.91. The third-order valence-electron chi connectivity index (χ3n) is 4.91. The van der Waals surface area contributed by atoms with E-state index in [1.165, 1.54) is 0 Å². The molecule has 2 fully saturated rings. The van der Waals surface area contributed by atoms with Crippen molar-refractivity contribution in [1.29, 1.82) is 0 Å². The molecule has 3 heterocycles. The van der Waals surface area contributed by atoms with Crippen molar-refractivity contribution in [3.05, 3.63) is 17.5 Å². The standard InChI is InChI=1S/C21H32N6O7/c1-20(2,3)32-17(28)23-16(24-18(29)33-21(4,5)6)22-10-13-9-14(25-34-13)15-8-7-12-11-26(15)19(30)27(12)31/h9,12,15,31H,7-8,10-11H2,1-6H3,(H2,22,23,24,28,29)/t12-,15-/m0/s1. The summed E-state index contributed by atoms with van der Waals surface area (Å²) >= 11 is 0. The highest BCUT2D eigenvalue weighted by atomic mass is 16.6. The predicted molar refractivity (Wildman–Crippen MR) is 118 cm³/mol. The SMILES string of the molecule is CC(C)(C)OC(=O)/N=C(\NCc1cc([C@@H]2CC[C@H]3CN2C(=O)N3O)no1)NC(=O)OC(C)(C)C. The number of hydrogen-bond donors (Lipinski definition) is 3. The van der Waals surface area contributed by atoms with Gasteiger partial charge in [-0.05, 0) is 54.4 Å². The molecular weight excluding hydrogens is 448 g/mol. The molecule has 34 heavy (non-hydrogen) atoms. The van der Waals surface area contributed by atoms with Crippen LogP contribution in [0.5, 0.6) is 0 Å². The van der Waals surface area contributed by atoms with Crippen LogP contribution in [-0.4, -0.2) is 68.3 Å². The van der Waals surface area contributed by atoms with Crippen LogP contribution in [0, 0.1) is 0 Å². The molecule has 0 radical (unpaired) electrons. The largest absolute Gasteiger partial charge is 0.444 e. The number of nitrogens with zero attached hydrogens (tertiary/aromatic N) is 4. The lowest BCUT2D eigenvalue weighted by Crippen LogP contribution is -2.44. The van der Waals surface area contributed by atoms with Crippen molar-refractivity contribution in [3.8, 4) is 0 Å². The Morgan fingerprint density at radius 1 is 1.21 bits per heavy atom. The zero-order valence-electron chi connectivity index (χ0n) is 20.2. The summed E-state index contributed by atoms with van der Waals surface area (Å²) < 4.78 is 15.8. The summed E-state index contributed by atoms with van der Waals surface area (Å²) in [5.41, 5.74) is -0.977. The molecule has 2 aliphatic heterocycles. The van der Waals surface area contributed by atoms with E-state index in [1.54, 1.807) is 52.5 Å². The van der Waals surface area contributed by atoms with E-state index >= 15 is 0 Å². The lowest BCUT2D eigenvalue weighted by atomic mass is 9.98. The third-order valence-corrected chi connectivity index (χ3v) is 4.91. The Hall–Kier alpha value is -3.35. The maximum Gasteiger partial charge on any atom is 0.437 e. The maximum atomic E-state index is 12.2. The first kappa shape index (κ1) is 25.3. The van der Waals surface area contributed by atoms with Crippen LogP contribution in [0.25, 0.3) is 0 Å². The molecule has 2 aliphatic rings. The molecule has 0 aliphatic carbocycles. The number of fused-ring (bicyclic) bond motifs is 2. The van der Waals surface area contributed by atoms with E-state index in [4.69, 9.17) is 14.0 Å². The van der Waals surface area contributed by atoms with E-state index in [1.807, 2.05) is 0 Å². The second-order valence-corrected chi connectivity index (χ2v) is 10.2. The zero-order valence-corrected chi connectivity index (χ0v) is 20.2. The number of guanidine groups is 1. The first-order valence-corrected chi connectivity index (χ1v) is 11.0. The van der Waals surface area contributed by atoms with Crippen molar-refractivity contribution < 1.29 is 33.6 Å². The summed E-state index contributed by atoms with van der Waals surface area (Å²) in [4.78, 5) is 41.9. The van der Waals surface area contributed by atoms with E-state index in [-0.39, 0.29) is 24.6 Å². The van der Waals surface area contributed by atoms with Gasteiger partial charge in [0.05, 0.1) is 18.6 Å². The van der Waals surface area contributed by atoms with E-state index in [0.29, 0.717) is 30.8 Å². The van der Waals surface area contributed by atoms with Gasteiger partial charge in [-0.25, -0.2) is 19.4 Å². The first-order chi connectivity index (χ1) is 15.7. The quantitative estimate of drug-likeness (QED) is 0.336. The maximum absolute atomic E-state index is 12.2. The number of hydrogen-bond acceptors (Lipinski definition) is 8. The Labute approximate surface area is 197 Å². The number of carbonyl (C=O) groups excluding carboxylic acids is 3. The van der Waals surface area contributed by atoms with Crippen LogP contribution < -0.4 is 10.6 Å². The summed E-state index contributed by atoms with van der Waals surface area (Å²) in [5, 5.41) is 19.9. The van der Waals surface area contributed by atoms with Crippen molar-refractivity contribution in [2.24, 2.45) is 4.99 Å². The molecule has 188 valence electrons. The number of alkyl carbamates (subject to hydrolysis) is 1. The summed E-state index contributed by atoms with van der Waals surface area (Å²) in [6.07, 6.45) is -0.421. The highest BCUT2D eigenvalue weighted by Gasteiger charge is 2.45. The van der Waals surface area contributed by atoms with Crippen LogP contribution in [0.1, 0.15) is 71.9 Å². The molecule has 13 heteroatoms. The minimum absolute atomic E-state index is 0.0276. The molecule has 2 bridgehead atoms. The number of rotatable bonds is 3. The number of ether oxygens (including phenoxy) is 2. The molecule has 1 aromatic rings. The minimum atomic E-state index is -0.901. The number of piperidine rings is 1. The fourth-order valence-corrected chi connectivity index (χ4v) is 3.59. The highest BCUT2D eigenvalue weighted by molar-refractivity contribution is 5.98. The number of amides is 4. The Morgan fingerprint density at radius 3 is 2.53 bits per heavy atom. The van der Waals surface area contributed by atoms with Gasteiger partial charge in [-0.3, -0.25) is 10.5 Å². The van der Waals surface area contributed by atoms with Crippen LogP contribution in [0.15, 0.2) is 15.6 Å². The van der Waals surface area contributed by atoms with Crippen molar-refractivity contribution >= 4 is 24.2 Å². The van der Waals surface area contributed by atoms with Gasteiger partial charge in [-0.15, -0.1) is 4.99 Å². The zero-order chi connectivity index (χ0) is 25.3. The van der Waals surface area contributed by atoms with Gasteiger partial charge >= 0.3 is 18.2 Å². The molecule has 2 atom stereocenters.